The first kappa shape index (κ1) is 8.38. The van der Waals surface area contributed by atoms with Gasteiger partial charge in [0, 0.05) is 23.1 Å². The first-order chi connectivity index (χ1) is 6.25. The van der Waals surface area contributed by atoms with Gasteiger partial charge in [-0.2, -0.15) is 0 Å². The third-order valence-electron chi connectivity index (χ3n) is 1.89. The Kier molecular flexibility index (Phi) is 2.10. The predicted octanol–water partition coefficient (Wildman–Crippen LogP) is 1.94. The highest BCUT2D eigenvalue weighted by Gasteiger charge is 2.02. The van der Waals surface area contributed by atoms with Crippen LogP contribution in [-0.4, -0.2) is 4.98 Å². The Morgan fingerprint density at radius 1 is 1.31 bits per heavy atom. The SMILES string of the molecule is Cc1nc(-c2cc[n+](C)cc2)cs1. The summed E-state index contributed by atoms with van der Waals surface area (Å²) in [5.41, 5.74) is 2.26. The van der Waals surface area contributed by atoms with Gasteiger partial charge in [0.1, 0.15) is 7.05 Å². The molecular weight excluding hydrogens is 180 g/mol. The first-order valence-corrected chi connectivity index (χ1v) is 5.01. The normalized spacial score (nSPS) is 10.3. The average Bonchev–Trinajstić information content (AvgIpc) is 2.53. The second kappa shape index (κ2) is 3.26. The van der Waals surface area contributed by atoms with Gasteiger partial charge >= 0.3 is 0 Å². The molecule has 0 aliphatic carbocycles. The molecular formula is C10H11N2S+. The van der Waals surface area contributed by atoms with E-state index in [1.54, 1.807) is 11.3 Å². The van der Waals surface area contributed by atoms with Crippen molar-refractivity contribution < 1.29 is 4.57 Å². The van der Waals surface area contributed by atoms with Gasteiger partial charge in [-0.15, -0.1) is 11.3 Å². The van der Waals surface area contributed by atoms with Gasteiger partial charge in [-0.3, -0.25) is 0 Å². The molecule has 2 aromatic rings. The van der Waals surface area contributed by atoms with Gasteiger partial charge in [0.05, 0.1) is 10.7 Å². The fourth-order valence-electron chi connectivity index (χ4n) is 1.17. The summed E-state index contributed by atoms with van der Waals surface area (Å²) < 4.78 is 2.02. The third-order valence-corrected chi connectivity index (χ3v) is 2.67. The van der Waals surface area contributed by atoms with E-state index in [0.29, 0.717) is 0 Å². The highest BCUT2D eigenvalue weighted by molar-refractivity contribution is 7.09. The lowest BCUT2D eigenvalue weighted by atomic mass is 10.2. The Labute approximate surface area is 81.5 Å². The highest BCUT2D eigenvalue weighted by Crippen LogP contribution is 2.19. The largest absolute Gasteiger partial charge is 0.242 e. The van der Waals surface area contributed by atoms with Crippen LogP contribution in [0.25, 0.3) is 11.3 Å². The van der Waals surface area contributed by atoms with Crippen LogP contribution in [-0.2, 0) is 7.05 Å². The summed E-state index contributed by atoms with van der Waals surface area (Å²) in [5, 5.41) is 3.20. The number of pyridine rings is 1. The molecule has 0 saturated heterocycles. The summed E-state index contributed by atoms with van der Waals surface area (Å²) in [7, 11) is 2.01. The molecule has 0 amide bonds. The van der Waals surface area contributed by atoms with Crippen molar-refractivity contribution in [3.05, 3.63) is 34.9 Å². The summed E-state index contributed by atoms with van der Waals surface area (Å²) >= 11 is 1.69. The topological polar surface area (TPSA) is 16.8 Å². The van der Waals surface area contributed by atoms with Gasteiger partial charge in [-0.05, 0) is 6.92 Å². The zero-order valence-electron chi connectivity index (χ0n) is 7.69. The van der Waals surface area contributed by atoms with Crippen LogP contribution >= 0.6 is 11.3 Å². The lowest BCUT2D eigenvalue weighted by Gasteiger charge is -1.92. The number of aromatic nitrogens is 2. The average molecular weight is 191 g/mol. The third kappa shape index (κ3) is 1.75. The molecule has 3 heteroatoms. The van der Waals surface area contributed by atoms with E-state index in [1.165, 1.54) is 5.56 Å². The second-order valence-corrected chi connectivity index (χ2v) is 4.07. The summed E-state index contributed by atoms with van der Waals surface area (Å²) in [6.07, 6.45) is 4.06. The standard InChI is InChI=1S/C10H11N2S/c1-8-11-10(7-13-8)9-3-5-12(2)6-4-9/h3-7H,1-2H3/q+1. The van der Waals surface area contributed by atoms with E-state index in [0.717, 1.165) is 10.7 Å². The summed E-state index contributed by atoms with van der Waals surface area (Å²) in [4.78, 5) is 4.42. The number of rotatable bonds is 1. The highest BCUT2D eigenvalue weighted by atomic mass is 32.1. The Morgan fingerprint density at radius 2 is 2.00 bits per heavy atom. The van der Waals surface area contributed by atoms with Crippen LogP contribution in [0.5, 0.6) is 0 Å². The predicted molar refractivity (Wildman–Crippen MR) is 53.5 cm³/mol. The molecule has 0 aromatic carbocycles. The van der Waals surface area contributed by atoms with Crippen molar-refractivity contribution in [2.45, 2.75) is 6.92 Å². The molecule has 0 spiro atoms. The Hall–Kier alpha value is -1.22. The number of thiazole rings is 1. The van der Waals surface area contributed by atoms with E-state index >= 15 is 0 Å². The van der Waals surface area contributed by atoms with Gasteiger partial charge in [-0.25, -0.2) is 9.55 Å². The zero-order valence-corrected chi connectivity index (χ0v) is 8.51. The first-order valence-electron chi connectivity index (χ1n) is 4.13. The Balaban J connectivity index is 2.41. The fraction of sp³-hybridized carbons (Fsp3) is 0.200. The van der Waals surface area contributed by atoms with E-state index in [-0.39, 0.29) is 0 Å². The maximum Gasteiger partial charge on any atom is 0.169 e. The fourth-order valence-corrected chi connectivity index (χ4v) is 1.79. The lowest BCUT2D eigenvalue weighted by molar-refractivity contribution is -0.671. The van der Waals surface area contributed by atoms with Crippen LogP contribution < -0.4 is 4.57 Å². The van der Waals surface area contributed by atoms with E-state index < -0.39 is 0 Å². The van der Waals surface area contributed by atoms with E-state index in [1.807, 2.05) is 30.9 Å². The lowest BCUT2D eigenvalue weighted by Crippen LogP contribution is -2.25. The van der Waals surface area contributed by atoms with Gasteiger partial charge in [0.2, 0.25) is 0 Å². The van der Waals surface area contributed by atoms with Crippen molar-refractivity contribution in [1.82, 2.24) is 4.98 Å². The smallest absolute Gasteiger partial charge is 0.169 e. The quantitative estimate of drug-likeness (QED) is 0.629. The minimum Gasteiger partial charge on any atom is -0.242 e. The molecule has 2 rings (SSSR count). The summed E-state index contributed by atoms with van der Waals surface area (Å²) in [5.74, 6) is 0. The number of hydrogen-bond acceptors (Lipinski definition) is 2. The van der Waals surface area contributed by atoms with Gasteiger partial charge in [-0.1, -0.05) is 0 Å². The van der Waals surface area contributed by atoms with Crippen LogP contribution in [0.3, 0.4) is 0 Å². The Bertz CT molecular complexity index is 403. The molecule has 0 saturated carbocycles. The van der Waals surface area contributed by atoms with Crippen LogP contribution in [0.4, 0.5) is 0 Å². The maximum absolute atomic E-state index is 4.42. The molecule has 0 bridgehead atoms. The van der Waals surface area contributed by atoms with Gasteiger partial charge < -0.3 is 0 Å². The second-order valence-electron chi connectivity index (χ2n) is 3.00. The van der Waals surface area contributed by atoms with Gasteiger partial charge in [0.15, 0.2) is 12.4 Å². The molecule has 0 radical (unpaired) electrons. The van der Waals surface area contributed by atoms with E-state index in [2.05, 4.69) is 22.5 Å². The minimum atomic E-state index is 1.07. The van der Waals surface area contributed by atoms with Crippen molar-refractivity contribution in [3.8, 4) is 11.3 Å². The van der Waals surface area contributed by atoms with Crippen molar-refractivity contribution in [1.29, 1.82) is 0 Å². The van der Waals surface area contributed by atoms with Crippen LogP contribution in [0.2, 0.25) is 0 Å². The zero-order chi connectivity index (χ0) is 9.26. The molecule has 13 heavy (non-hydrogen) atoms. The van der Waals surface area contributed by atoms with Crippen molar-refractivity contribution in [3.63, 3.8) is 0 Å². The van der Waals surface area contributed by atoms with Crippen LogP contribution in [0, 0.1) is 6.92 Å². The van der Waals surface area contributed by atoms with Crippen molar-refractivity contribution in [2.75, 3.05) is 0 Å². The molecule has 0 N–H and O–H groups in total. The number of aryl methyl sites for hydroxylation is 2. The Morgan fingerprint density at radius 3 is 2.54 bits per heavy atom. The van der Waals surface area contributed by atoms with Crippen molar-refractivity contribution >= 4 is 11.3 Å². The molecule has 2 aromatic heterocycles. The number of nitrogens with zero attached hydrogens (tertiary/aromatic N) is 2. The van der Waals surface area contributed by atoms with Crippen LogP contribution in [0.15, 0.2) is 29.9 Å². The monoisotopic (exact) mass is 191 g/mol. The summed E-state index contributed by atoms with van der Waals surface area (Å²) in [6, 6.07) is 4.16. The number of hydrogen-bond donors (Lipinski definition) is 0. The van der Waals surface area contributed by atoms with Crippen LogP contribution in [0.1, 0.15) is 5.01 Å². The molecule has 0 aliphatic heterocycles. The molecule has 2 nitrogen and oxygen atoms in total. The summed E-state index contributed by atoms with van der Waals surface area (Å²) in [6.45, 7) is 2.02. The molecule has 0 fully saturated rings. The van der Waals surface area contributed by atoms with E-state index in [4.69, 9.17) is 0 Å². The van der Waals surface area contributed by atoms with Gasteiger partial charge in [0.25, 0.3) is 0 Å². The minimum absolute atomic E-state index is 1.07. The maximum atomic E-state index is 4.42. The van der Waals surface area contributed by atoms with Crippen molar-refractivity contribution in [2.24, 2.45) is 7.05 Å². The molecule has 2 heterocycles. The molecule has 0 atom stereocenters. The van der Waals surface area contributed by atoms with E-state index in [9.17, 15) is 0 Å². The molecule has 0 aliphatic rings. The molecule has 0 unspecified atom stereocenters. The molecule has 66 valence electrons.